The van der Waals surface area contributed by atoms with Gasteiger partial charge in [-0.25, -0.2) is 0 Å². The molecule has 156 valence electrons. The standard InChI is InChI=1S/C24H20N2O5/c1-3-13-30-18-11-9-16(10-12-18)21-20(22(27)17-7-5-4-6-8-17)23(28)24(29)26(21)19-14-15(2)31-25-19/h3-12,14,21,27H,1,13H2,2H3/t21-/m1/s1. The number of aryl methyl sites for hydroxylation is 1. The Hall–Kier alpha value is -4.13. The number of carbonyl (C=O) groups is 2. The van der Waals surface area contributed by atoms with Gasteiger partial charge < -0.3 is 14.4 Å². The van der Waals surface area contributed by atoms with E-state index >= 15 is 0 Å². The zero-order chi connectivity index (χ0) is 22.0. The van der Waals surface area contributed by atoms with Crippen molar-refractivity contribution in [3.8, 4) is 5.75 Å². The summed E-state index contributed by atoms with van der Waals surface area (Å²) in [5, 5.41) is 14.9. The Morgan fingerprint density at radius 3 is 2.52 bits per heavy atom. The minimum atomic E-state index is -0.877. The van der Waals surface area contributed by atoms with Crippen LogP contribution in [0, 0.1) is 6.92 Å². The molecule has 1 amide bonds. The van der Waals surface area contributed by atoms with Crippen LogP contribution in [0.25, 0.3) is 5.76 Å². The van der Waals surface area contributed by atoms with E-state index in [1.54, 1.807) is 73.7 Å². The molecule has 2 aromatic carbocycles. The van der Waals surface area contributed by atoms with Gasteiger partial charge in [0.1, 0.15) is 23.9 Å². The number of aromatic nitrogens is 1. The van der Waals surface area contributed by atoms with Crippen LogP contribution in [0.15, 0.2) is 83.4 Å². The molecule has 0 unspecified atom stereocenters. The van der Waals surface area contributed by atoms with Gasteiger partial charge in [0.2, 0.25) is 0 Å². The molecule has 1 N–H and O–H groups in total. The zero-order valence-electron chi connectivity index (χ0n) is 16.8. The van der Waals surface area contributed by atoms with Crippen molar-refractivity contribution >= 4 is 23.3 Å². The summed E-state index contributed by atoms with van der Waals surface area (Å²) in [6, 6.07) is 16.3. The van der Waals surface area contributed by atoms with Crippen molar-refractivity contribution in [2.75, 3.05) is 11.5 Å². The van der Waals surface area contributed by atoms with Crippen molar-refractivity contribution in [3.05, 3.63) is 95.8 Å². The van der Waals surface area contributed by atoms with Crippen LogP contribution in [0.2, 0.25) is 0 Å². The number of benzene rings is 2. The van der Waals surface area contributed by atoms with Crippen molar-refractivity contribution in [2.45, 2.75) is 13.0 Å². The van der Waals surface area contributed by atoms with Gasteiger partial charge in [-0.3, -0.25) is 14.5 Å². The molecule has 1 fully saturated rings. The molecule has 1 aliphatic rings. The Morgan fingerprint density at radius 2 is 1.90 bits per heavy atom. The molecule has 1 saturated heterocycles. The number of amides is 1. The normalized spacial score (nSPS) is 17.7. The van der Waals surface area contributed by atoms with Gasteiger partial charge in [-0.05, 0) is 24.6 Å². The molecular weight excluding hydrogens is 396 g/mol. The van der Waals surface area contributed by atoms with E-state index in [1.807, 2.05) is 0 Å². The van der Waals surface area contributed by atoms with Crippen molar-refractivity contribution < 1.29 is 24.0 Å². The predicted octanol–water partition coefficient (Wildman–Crippen LogP) is 4.17. The number of carbonyl (C=O) groups excluding carboxylic acids is 2. The summed E-state index contributed by atoms with van der Waals surface area (Å²) in [6.07, 6.45) is 1.63. The number of ketones is 1. The summed E-state index contributed by atoms with van der Waals surface area (Å²) >= 11 is 0. The van der Waals surface area contributed by atoms with E-state index in [4.69, 9.17) is 9.26 Å². The average molecular weight is 416 g/mol. The summed E-state index contributed by atoms with van der Waals surface area (Å²) in [6.45, 7) is 5.66. The van der Waals surface area contributed by atoms with E-state index < -0.39 is 17.7 Å². The van der Waals surface area contributed by atoms with Gasteiger partial charge >= 0.3 is 5.91 Å². The molecule has 3 aromatic rings. The van der Waals surface area contributed by atoms with Gasteiger partial charge in [-0.15, -0.1) is 0 Å². The predicted molar refractivity (Wildman–Crippen MR) is 115 cm³/mol. The minimum Gasteiger partial charge on any atom is -0.507 e. The van der Waals surface area contributed by atoms with Crippen molar-refractivity contribution in [1.82, 2.24) is 5.16 Å². The van der Waals surface area contributed by atoms with Gasteiger partial charge in [0, 0.05) is 11.6 Å². The first kappa shape index (κ1) is 20.2. The smallest absolute Gasteiger partial charge is 0.301 e. The third kappa shape index (κ3) is 3.73. The fourth-order valence-electron chi connectivity index (χ4n) is 3.50. The molecule has 1 aliphatic heterocycles. The lowest BCUT2D eigenvalue weighted by atomic mass is 9.95. The van der Waals surface area contributed by atoms with E-state index in [9.17, 15) is 14.7 Å². The average Bonchev–Trinajstić information content (AvgIpc) is 3.33. The lowest BCUT2D eigenvalue weighted by molar-refractivity contribution is -0.132. The summed E-state index contributed by atoms with van der Waals surface area (Å²) in [4.78, 5) is 27.2. The number of rotatable bonds is 6. The van der Waals surface area contributed by atoms with E-state index in [0.717, 1.165) is 0 Å². The first-order valence-electron chi connectivity index (χ1n) is 9.64. The van der Waals surface area contributed by atoms with Crippen molar-refractivity contribution in [1.29, 1.82) is 0 Å². The maximum atomic E-state index is 13.0. The molecule has 4 rings (SSSR count). The Morgan fingerprint density at radius 1 is 1.19 bits per heavy atom. The third-order valence-electron chi connectivity index (χ3n) is 4.92. The molecule has 7 heteroatoms. The molecule has 7 nitrogen and oxygen atoms in total. The number of anilines is 1. The van der Waals surface area contributed by atoms with Crippen LogP contribution in [0.3, 0.4) is 0 Å². The summed E-state index contributed by atoms with van der Waals surface area (Å²) < 4.78 is 10.6. The fourth-order valence-corrected chi connectivity index (χ4v) is 3.50. The fraction of sp³-hybridized carbons (Fsp3) is 0.125. The molecule has 0 aliphatic carbocycles. The first-order valence-corrected chi connectivity index (χ1v) is 9.64. The molecule has 0 saturated carbocycles. The number of aliphatic hydroxyl groups excluding tert-OH is 1. The van der Waals surface area contributed by atoms with E-state index in [-0.39, 0.29) is 17.2 Å². The highest BCUT2D eigenvalue weighted by molar-refractivity contribution is 6.51. The first-order chi connectivity index (χ1) is 15.0. The quantitative estimate of drug-likeness (QED) is 0.281. The largest absolute Gasteiger partial charge is 0.507 e. The minimum absolute atomic E-state index is 0.0170. The molecule has 1 aromatic heterocycles. The van der Waals surface area contributed by atoms with Crippen LogP contribution in [0.1, 0.15) is 22.9 Å². The Labute approximate surface area is 178 Å². The highest BCUT2D eigenvalue weighted by Gasteiger charge is 2.48. The molecule has 31 heavy (non-hydrogen) atoms. The lowest BCUT2D eigenvalue weighted by Crippen LogP contribution is -2.29. The van der Waals surface area contributed by atoms with Gasteiger partial charge in [0.15, 0.2) is 5.82 Å². The van der Waals surface area contributed by atoms with E-state index in [0.29, 0.717) is 29.2 Å². The Kier molecular flexibility index (Phi) is 5.41. The summed E-state index contributed by atoms with van der Waals surface area (Å²) in [5.41, 5.74) is 1.03. The highest BCUT2D eigenvalue weighted by atomic mass is 16.5. The number of aliphatic hydroxyl groups is 1. The van der Waals surface area contributed by atoms with E-state index in [2.05, 4.69) is 11.7 Å². The second kappa shape index (κ2) is 8.31. The number of Topliss-reactive ketones (excluding diaryl/α,β-unsaturated/α-hetero) is 1. The van der Waals surface area contributed by atoms with Crippen LogP contribution < -0.4 is 9.64 Å². The lowest BCUT2D eigenvalue weighted by Gasteiger charge is -2.23. The third-order valence-corrected chi connectivity index (χ3v) is 4.92. The molecule has 1 atom stereocenters. The van der Waals surface area contributed by atoms with Crippen LogP contribution in [0.5, 0.6) is 5.75 Å². The topological polar surface area (TPSA) is 92.9 Å². The summed E-state index contributed by atoms with van der Waals surface area (Å²) in [7, 11) is 0. The van der Waals surface area contributed by atoms with Gasteiger partial charge in [0.05, 0.1) is 11.6 Å². The Bertz CT molecular complexity index is 1160. The number of ether oxygens (including phenoxy) is 1. The van der Waals surface area contributed by atoms with Gasteiger partial charge in [-0.1, -0.05) is 60.3 Å². The van der Waals surface area contributed by atoms with Crippen LogP contribution in [-0.4, -0.2) is 28.6 Å². The maximum absolute atomic E-state index is 13.0. The van der Waals surface area contributed by atoms with Crippen molar-refractivity contribution in [3.63, 3.8) is 0 Å². The Balaban J connectivity index is 1.86. The zero-order valence-corrected chi connectivity index (χ0v) is 16.8. The summed E-state index contributed by atoms with van der Waals surface area (Å²) in [5.74, 6) is -0.531. The molecule has 0 bridgehead atoms. The van der Waals surface area contributed by atoms with Crippen LogP contribution in [0.4, 0.5) is 5.82 Å². The van der Waals surface area contributed by atoms with Crippen LogP contribution in [-0.2, 0) is 9.59 Å². The van der Waals surface area contributed by atoms with Gasteiger partial charge in [0.25, 0.3) is 5.78 Å². The van der Waals surface area contributed by atoms with Gasteiger partial charge in [-0.2, -0.15) is 0 Å². The second-order valence-corrected chi connectivity index (χ2v) is 7.00. The monoisotopic (exact) mass is 416 g/mol. The maximum Gasteiger partial charge on any atom is 0.301 e. The molecular formula is C24H20N2O5. The molecule has 0 spiro atoms. The SMILES string of the molecule is C=CCOc1ccc([C@@H]2C(=C(O)c3ccccc3)C(=O)C(=O)N2c2cc(C)on2)cc1. The molecule has 2 heterocycles. The van der Waals surface area contributed by atoms with Crippen LogP contribution >= 0.6 is 0 Å². The second-order valence-electron chi connectivity index (χ2n) is 7.00. The highest BCUT2D eigenvalue weighted by Crippen LogP contribution is 2.42. The molecule has 0 radical (unpaired) electrons. The number of hydrogen-bond donors (Lipinski definition) is 1. The number of nitrogens with zero attached hydrogens (tertiary/aromatic N) is 2. The van der Waals surface area contributed by atoms with E-state index in [1.165, 1.54) is 4.90 Å². The van der Waals surface area contributed by atoms with Crippen molar-refractivity contribution in [2.24, 2.45) is 0 Å². The number of hydrogen-bond acceptors (Lipinski definition) is 6.